The Kier molecular flexibility index (Phi) is 5.67. The number of hydrogen-bond acceptors (Lipinski definition) is 8. The molecule has 3 rings (SSSR count). The molecule has 0 amide bonds. The second-order valence-corrected chi connectivity index (χ2v) is 6.24. The van der Waals surface area contributed by atoms with Crippen LogP contribution in [0.2, 0.25) is 0 Å². The van der Waals surface area contributed by atoms with Crippen molar-refractivity contribution >= 4 is 17.5 Å². The number of benzene rings is 1. The number of anilines is 1. The number of aromatic nitrogens is 2. The zero-order chi connectivity index (χ0) is 20.3. The Labute approximate surface area is 163 Å². The van der Waals surface area contributed by atoms with Gasteiger partial charge >= 0.3 is 5.97 Å². The van der Waals surface area contributed by atoms with Crippen molar-refractivity contribution in [3.8, 4) is 11.5 Å². The SMILES string of the molecule is CCOC(=O)C1=C(O)c2cnc(C)nc2N(Cc2ccc(OC)cc2OC)C1. The number of ether oxygens (including phenoxy) is 3. The van der Waals surface area contributed by atoms with Crippen molar-refractivity contribution in [2.75, 3.05) is 32.3 Å². The summed E-state index contributed by atoms with van der Waals surface area (Å²) >= 11 is 0. The molecule has 148 valence electrons. The third-order valence-electron chi connectivity index (χ3n) is 4.46. The van der Waals surface area contributed by atoms with Gasteiger partial charge < -0.3 is 24.2 Å². The van der Waals surface area contributed by atoms with Gasteiger partial charge in [0, 0.05) is 24.4 Å². The molecule has 0 unspecified atom stereocenters. The van der Waals surface area contributed by atoms with Crippen molar-refractivity contribution in [1.82, 2.24) is 9.97 Å². The smallest absolute Gasteiger partial charge is 0.339 e. The number of esters is 1. The third-order valence-corrected chi connectivity index (χ3v) is 4.46. The van der Waals surface area contributed by atoms with Crippen molar-refractivity contribution in [3.05, 3.63) is 46.9 Å². The van der Waals surface area contributed by atoms with E-state index in [2.05, 4.69) is 9.97 Å². The first-order valence-electron chi connectivity index (χ1n) is 8.87. The zero-order valence-electron chi connectivity index (χ0n) is 16.4. The first kappa shape index (κ1) is 19.5. The second kappa shape index (κ2) is 8.16. The maximum Gasteiger partial charge on any atom is 0.339 e. The van der Waals surface area contributed by atoms with Crippen LogP contribution < -0.4 is 14.4 Å². The van der Waals surface area contributed by atoms with Crippen LogP contribution in [0.4, 0.5) is 5.82 Å². The molecule has 1 aliphatic rings. The molecule has 8 heteroatoms. The fourth-order valence-corrected chi connectivity index (χ4v) is 3.07. The van der Waals surface area contributed by atoms with Gasteiger partial charge in [0.1, 0.15) is 28.9 Å². The van der Waals surface area contributed by atoms with Crippen molar-refractivity contribution < 1.29 is 24.1 Å². The van der Waals surface area contributed by atoms with E-state index in [1.165, 1.54) is 6.20 Å². The third kappa shape index (κ3) is 3.71. The first-order chi connectivity index (χ1) is 13.5. The topological polar surface area (TPSA) is 94.0 Å². The quantitative estimate of drug-likeness (QED) is 0.759. The lowest BCUT2D eigenvalue weighted by Crippen LogP contribution is -2.34. The fraction of sp³-hybridized carbons (Fsp3) is 0.350. The second-order valence-electron chi connectivity index (χ2n) is 6.24. The van der Waals surface area contributed by atoms with E-state index in [-0.39, 0.29) is 24.5 Å². The summed E-state index contributed by atoms with van der Waals surface area (Å²) in [7, 11) is 3.18. The van der Waals surface area contributed by atoms with Gasteiger partial charge in [-0.1, -0.05) is 0 Å². The lowest BCUT2D eigenvalue weighted by Gasteiger charge is -2.31. The van der Waals surface area contributed by atoms with Crippen molar-refractivity contribution in [2.45, 2.75) is 20.4 Å². The number of hydrogen-bond donors (Lipinski definition) is 1. The van der Waals surface area contributed by atoms with Gasteiger partial charge in [-0.3, -0.25) is 0 Å². The Morgan fingerprint density at radius 3 is 2.75 bits per heavy atom. The highest BCUT2D eigenvalue weighted by Crippen LogP contribution is 2.34. The van der Waals surface area contributed by atoms with E-state index >= 15 is 0 Å². The Hall–Kier alpha value is -3.29. The first-order valence-corrected chi connectivity index (χ1v) is 8.87. The number of aliphatic hydroxyl groups excluding tert-OH is 1. The Balaban J connectivity index is 2.02. The van der Waals surface area contributed by atoms with Gasteiger partial charge in [0.25, 0.3) is 0 Å². The van der Waals surface area contributed by atoms with Gasteiger partial charge in [-0.25, -0.2) is 14.8 Å². The van der Waals surface area contributed by atoms with Gasteiger partial charge in [-0.2, -0.15) is 0 Å². The number of fused-ring (bicyclic) bond motifs is 1. The van der Waals surface area contributed by atoms with Crippen LogP contribution in [-0.4, -0.2) is 48.4 Å². The van der Waals surface area contributed by atoms with Crippen LogP contribution in [-0.2, 0) is 16.1 Å². The zero-order valence-corrected chi connectivity index (χ0v) is 16.4. The molecule has 2 aromatic rings. The van der Waals surface area contributed by atoms with Crippen LogP contribution in [0.3, 0.4) is 0 Å². The maximum atomic E-state index is 12.3. The number of carbonyl (C=O) groups is 1. The number of rotatable bonds is 6. The van der Waals surface area contributed by atoms with E-state index in [0.29, 0.717) is 35.2 Å². The molecule has 1 aromatic heterocycles. The Bertz CT molecular complexity index is 926. The summed E-state index contributed by atoms with van der Waals surface area (Å²) in [5, 5.41) is 10.6. The lowest BCUT2D eigenvalue weighted by molar-refractivity contribution is -0.138. The molecule has 1 aliphatic heterocycles. The molecule has 8 nitrogen and oxygen atoms in total. The summed E-state index contributed by atoms with van der Waals surface area (Å²) in [5.41, 5.74) is 1.46. The molecule has 0 fully saturated rings. The van der Waals surface area contributed by atoms with Crippen LogP contribution in [0.5, 0.6) is 11.5 Å². The number of aliphatic hydroxyl groups is 1. The molecule has 1 N–H and O–H groups in total. The summed E-state index contributed by atoms with van der Waals surface area (Å²) < 4.78 is 15.8. The van der Waals surface area contributed by atoms with Gasteiger partial charge in [-0.15, -0.1) is 0 Å². The van der Waals surface area contributed by atoms with Gasteiger partial charge in [-0.05, 0) is 26.0 Å². The molecule has 0 aliphatic carbocycles. The van der Waals surface area contributed by atoms with Gasteiger partial charge in [0.2, 0.25) is 0 Å². The van der Waals surface area contributed by atoms with Crippen LogP contribution in [0, 0.1) is 6.92 Å². The highest BCUT2D eigenvalue weighted by Gasteiger charge is 2.31. The minimum absolute atomic E-state index is 0.147. The molecular weight excluding hydrogens is 362 g/mol. The van der Waals surface area contributed by atoms with Crippen molar-refractivity contribution in [3.63, 3.8) is 0 Å². The van der Waals surface area contributed by atoms with E-state index in [9.17, 15) is 9.90 Å². The summed E-state index contributed by atoms with van der Waals surface area (Å²) in [6, 6.07) is 5.53. The molecule has 0 atom stereocenters. The van der Waals surface area contributed by atoms with E-state index in [1.807, 2.05) is 17.0 Å². The van der Waals surface area contributed by atoms with E-state index in [0.717, 1.165) is 5.56 Å². The molecule has 0 saturated carbocycles. The Morgan fingerprint density at radius 1 is 1.29 bits per heavy atom. The number of aryl methyl sites for hydroxylation is 1. The molecule has 2 heterocycles. The predicted octanol–water partition coefficient (Wildman–Crippen LogP) is 2.65. The number of carbonyl (C=O) groups excluding carboxylic acids is 1. The summed E-state index contributed by atoms with van der Waals surface area (Å²) in [4.78, 5) is 22.9. The van der Waals surface area contributed by atoms with Crippen LogP contribution in [0.1, 0.15) is 23.9 Å². The number of nitrogens with zero attached hydrogens (tertiary/aromatic N) is 3. The van der Waals surface area contributed by atoms with E-state index in [4.69, 9.17) is 14.2 Å². The predicted molar refractivity (Wildman–Crippen MR) is 104 cm³/mol. The van der Waals surface area contributed by atoms with Crippen LogP contribution in [0.25, 0.3) is 5.76 Å². The highest BCUT2D eigenvalue weighted by atomic mass is 16.5. The largest absolute Gasteiger partial charge is 0.506 e. The molecule has 0 bridgehead atoms. The molecular formula is C20H23N3O5. The van der Waals surface area contributed by atoms with Gasteiger partial charge in [0.15, 0.2) is 0 Å². The molecule has 1 aromatic carbocycles. The lowest BCUT2D eigenvalue weighted by atomic mass is 10.0. The fourth-order valence-electron chi connectivity index (χ4n) is 3.07. The summed E-state index contributed by atoms with van der Waals surface area (Å²) in [6.45, 7) is 4.28. The average molecular weight is 385 g/mol. The maximum absolute atomic E-state index is 12.3. The highest BCUT2D eigenvalue weighted by molar-refractivity contribution is 5.99. The van der Waals surface area contributed by atoms with E-state index in [1.54, 1.807) is 34.1 Å². The molecule has 28 heavy (non-hydrogen) atoms. The summed E-state index contributed by atoms with van der Waals surface area (Å²) in [5.74, 6) is 1.75. The monoisotopic (exact) mass is 385 g/mol. The molecule has 0 radical (unpaired) electrons. The van der Waals surface area contributed by atoms with Crippen molar-refractivity contribution in [2.24, 2.45) is 0 Å². The van der Waals surface area contributed by atoms with E-state index < -0.39 is 5.97 Å². The van der Waals surface area contributed by atoms with Crippen molar-refractivity contribution in [1.29, 1.82) is 0 Å². The molecule has 0 saturated heterocycles. The van der Waals surface area contributed by atoms with Gasteiger partial charge in [0.05, 0.1) is 38.5 Å². The minimum Gasteiger partial charge on any atom is -0.506 e. The normalized spacial score (nSPS) is 13.2. The average Bonchev–Trinajstić information content (AvgIpc) is 2.70. The summed E-state index contributed by atoms with van der Waals surface area (Å²) in [6.07, 6.45) is 1.52. The molecule has 0 spiro atoms. The number of methoxy groups -OCH3 is 2. The van der Waals surface area contributed by atoms with Crippen LogP contribution >= 0.6 is 0 Å². The van der Waals surface area contributed by atoms with Crippen LogP contribution in [0.15, 0.2) is 30.0 Å². The standard InChI is InChI=1S/C20H23N3O5/c1-5-28-20(25)16-11-23(19-15(18(16)24)9-21-12(2)22-19)10-13-6-7-14(26-3)8-17(13)27-4/h6-9,24H,5,10-11H2,1-4H3. The Morgan fingerprint density at radius 2 is 2.07 bits per heavy atom. The minimum atomic E-state index is -0.557.